The lowest BCUT2D eigenvalue weighted by atomic mass is 9.89. The lowest BCUT2D eigenvalue weighted by Crippen LogP contribution is -2.26. The third-order valence-corrected chi connectivity index (χ3v) is 4.67. The molecule has 2 rings (SSSR count). The van der Waals surface area contributed by atoms with Crippen LogP contribution in [0, 0.1) is 10.5 Å². The van der Waals surface area contributed by atoms with E-state index in [1.807, 2.05) is 25.1 Å². The third kappa shape index (κ3) is 1.69. The molecule has 0 aliphatic rings. The molecule has 0 unspecified atom stereocenters. The van der Waals surface area contributed by atoms with Crippen LogP contribution in [0.5, 0.6) is 0 Å². The van der Waals surface area contributed by atoms with Crippen molar-refractivity contribution in [1.82, 2.24) is 0 Å². The monoisotopic (exact) mass is 318 g/mol. The SMILES string of the molecule is Cc1ccc2sc(B(O)O)cc2c1I. The third-order valence-electron chi connectivity index (χ3n) is 2.10. The van der Waals surface area contributed by atoms with Gasteiger partial charge in [-0.05, 0) is 47.2 Å². The van der Waals surface area contributed by atoms with Crippen LogP contribution in [-0.4, -0.2) is 17.2 Å². The van der Waals surface area contributed by atoms with Gasteiger partial charge in [-0.15, -0.1) is 11.3 Å². The molecular formula is C9H8BIO2S. The quantitative estimate of drug-likeness (QED) is 0.618. The molecule has 1 heterocycles. The maximum atomic E-state index is 9.05. The molecule has 0 saturated carbocycles. The van der Waals surface area contributed by atoms with Gasteiger partial charge >= 0.3 is 7.12 Å². The molecule has 1 aromatic carbocycles. The van der Waals surface area contributed by atoms with Gasteiger partial charge in [0.25, 0.3) is 0 Å². The van der Waals surface area contributed by atoms with Crippen LogP contribution in [0.1, 0.15) is 5.56 Å². The first-order chi connectivity index (χ1) is 6.59. The highest BCUT2D eigenvalue weighted by Gasteiger charge is 2.15. The maximum Gasteiger partial charge on any atom is 0.499 e. The molecule has 2 aromatic rings. The summed E-state index contributed by atoms with van der Waals surface area (Å²) in [4.78, 5) is 0. The molecule has 0 aliphatic carbocycles. The fourth-order valence-corrected chi connectivity index (χ4v) is 3.09. The fraction of sp³-hybridized carbons (Fsp3) is 0.111. The molecule has 14 heavy (non-hydrogen) atoms. The predicted octanol–water partition coefficient (Wildman–Crippen LogP) is 1.49. The molecule has 72 valence electrons. The smallest absolute Gasteiger partial charge is 0.423 e. The molecule has 0 aliphatic heterocycles. The Bertz CT molecular complexity index is 481. The minimum absolute atomic E-state index is 0.600. The molecule has 0 amide bonds. The minimum atomic E-state index is -1.36. The van der Waals surface area contributed by atoms with Crippen molar-refractivity contribution in [3.05, 3.63) is 27.3 Å². The first kappa shape index (κ1) is 10.4. The van der Waals surface area contributed by atoms with Gasteiger partial charge in [-0.1, -0.05) is 6.07 Å². The molecule has 0 saturated heterocycles. The van der Waals surface area contributed by atoms with Crippen molar-refractivity contribution in [1.29, 1.82) is 0 Å². The number of hydrogen-bond acceptors (Lipinski definition) is 3. The van der Waals surface area contributed by atoms with Crippen LogP contribution >= 0.6 is 33.9 Å². The zero-order valence-corrected chi connectivity index (χ0v) is 10.5. The van der Waals surface area contributed by atoms with Crippen molar-refractivity contribution in [2.45, 2.75) is 6.92 Å². The van der Waals surface area contributed by atoms with E-state index in [1.54, 1.807) is 0 Å². The molecular weight excluding hydrogens is 310 g/mol. The maximum absolute atomic E-state index is 9.05. The van der Waals surface area contributed by atoms with E-state index >= 15 is 0 Å². The van der Waals surface area contributed by atoms with Gasteiger partial charge < -0.3 is 10.0 Å². The number of fused-ring (bicyclic) bond motifs is 1. The average Bonchev–Trinajstić information content (AvgIpc) is 2.56. The number of halogens is 1. The Morgan fingerprint density at radius 1 is 1.36 bits per heavy atom. The summed E-state index contributed by atoms with van der Waals surface area (Å²) >= 11 is 3.71. The molecule has 0 spiro atoms. The zero-order chi connectivity index (χ0) is 10.3. The number of aryl methyl sites for hydroxylation is 1. The highest BCUT2D eigenvalue weighted by atomic mass is 127. The summed E-state index contributed by atoms with van der Waals surface area (Å²) in [5, 5.41) is 19.2. The van der Waals surface area contributed by atoms with Crippen molar-refractivity contribution >= 4 is 55.9 Å². The predicted molar refractivity (Wildman–Crippen MR) is 69.1 cm³/mol. The van der Waals surface area contributed by atoms with Gasteiger partial charge in [0.15, 0.2) is 0 Å². The van der Waals surface area contributed by atoms with E-state index in [0.29, 0.717) is 4.78 Å². The van der Waals surface area contributed by atoms with E-state index in [1.165, 1.54) is 20.5 Å². The first-order valence-electron chi connectivity index (χ1n) is 4.14. The van der Waals surface area contributed by atoms with Crippen molar-refractivity contribution in [2.75, 3.05) is 0 Å². The molecule has 0 atom stereocenters. The Balaban J connectivity index is 2.71. The van der Waals surface area contributed by atoms with Crippen LogP contribution in [0.25, 0.3) is 10.1 Å². The Morgan fingerprint density at radius 3 is 2.71 bits per heavy atom. The van der Waals surface area contributed by atoms with Crippen molar-refractivity contribution in [3.63, 3.8) is 0 Å². The Labute approximate surface area is 99.9 Å². The topological polar surface area (TPSA) is 40.5 Å². The van der Waals surface area contributed by atoms with Gasteiger partial charge in [-0.3, -0.25) is 0 Å². The van der Waals surface area contributed by atoms with E-state index in [9.17, 15) is 0 Å². The van der Waals surface area contributed by atoms with E-state index in [2.05, 4.69) is 22.6 Å². The lowest BCUT2D eigenvalue weighted by Gasteiger charge is -1.97. The standard InChI is InChI=1S/C9H8BIO2S/c1-5-2-3-7-6(9(5)11)4-8(14-7)10(12)13/h2-4,12-13H,1H3. The summed E-state index contributed by atoms with van der Waals surface area (Å²) in [7, 11) is -1.36. The van der Waals surface area contributed by atoms with Crippen LogP contribution in [-0.2, 0) is 0 Å². The van der Waals surface area contributed by atoms with Crippen LogP contribution < -0.4 is 4.78 Å². The fourth-order valence-electron chi connectivity index (χ4n) is 1.33. The van der Waals surface area contributed by atoms with Crippen LogP contribution in [0.4, 0.5) is 0 Å². The molecule has 0 radical (unpaired) electrons. The second kappa shape index (κ2) is 3.81. The van der Waals surface area contributed by atoms with E-state index in [-0.39, 0.29) is 0 Å². The number of thiophene rings is 1. The highest BCUT2D eigenvalue weighted by Crippen LogP contribution is 2.26. The Kier molecular flexibility index (Phi) is 2.83. The van der Waals surface area contributed by atoms with Gasteiger partial charge in [0.05, 0.1) is 0 Å². The van der Waals surface area contributed by atoms with E-state index in [0.717, 1.165) is 10.1 Å². The van der Waals surface area contributed by atoms with Gasteiger partial charge in [0.1, 0.15) is 0 Å². The largest absolute Gasteiger partial charge is 0.499 e. The summed E-state index contributed by atoms with van der Waals surface area (Å²) in [5.74, 6) is 0. The second-order valence-electron chi connectivity index (χ2n) is 3.13. The molecule has 0 fully saturated rings. The Hall–Kier alpha value is -0.105. The second-order valence-corrected chi connectivity index (χ2v) is 5.32. The Morgan fingerprint density at radius 2 is 2.07 bits per heavy atom. The number of rotatable bonds is 1. The van der Waals surface area contributed by atoms with Crippen LogP contribution in [0.3, 0.4) is 0 Å². The van der Waals surface area contributed by atoms with E-state index < -0.39 is 7.12 Å². The summed E-state index contributed by atoms with van der Waals surface area (Å²) in [6, 6.07) is 5.91. The van der Waals surface area contributed by atoms with Crippen molar-refractivity contribution in [2.24, 2.45) is 0 Å². The molecule has 5 heteroatoms. The van der Waals surface area contributed by atoms with Gasteiger partial charge in [-0.2, -0.15) is 0 Å². The lowest BCUT2D eigenvalue weighted by molar-refractivity contribution is 0.427. The molecule has 0 bridgehead atoms. The molecule has 1 aromatic heterocycles. The summed E-state index contributed by atoms with van der Waals surface area (Å²) < 4.78 is 2.88. The highest BCUT2D eigenvalue weighted by molar-refractivity contribution is 14.1. The normalized spacial score (nSPS) is 10.9. The van der Waals surface area contributed by atoms with Crippen LogP contribution in [0.15, 0.2) is 18.2 Å². The summed E-state index contributed by atoms with van der Waals surface area (Å²) in [5.41, 5.74) is 1.22. The summed E-state index contributed by atoms with van der Waals surface area (Å²) in [6.45, 7) is 2.05. The molecule has 2 nitrogen and oxygen atoms in total. The zero-order valence-electron chi connectivity index (χ0n) is 7.49. The van der Waals surface area contributed by atoms with Crippen molar-refractivity contribution < 1.29 is 10.0 Å². The molecule has 2 N–H and O–H groups in total. The van der Waals surface area contributed by atoms with E-state index in [4.69, 9.17) is 10.0 Å². The number of hydrogen-bond donors (Lipinski definition) is 2. The summed E-state index contributed by atoms with van der Waals surface area (Å²) in [6.07, 6.45) is 0. The van der Waals surface area contributed by atoms with Gasteiger partial charge in [-0.25, -0.2) is 0 Å². The van der Waals surface area contributed by atoms with Crippen molar-refractivity contribution in [3.8, 4) is 0 Å². The first-order valence-corrected chi connectivity index (χ1v) is 6.04. The minimum Gasteiger partial charge on any atom is -0.423 e. The van der Waals surface area contributed by atoms with Gasteiger partial charge in [0.2, 0.25) is 0 Å². The number of benzene rings is 1. The van der Waals surface area contributed by atoms with Crippen LogP contribution in [0.2, 0.25) is 0 Å². The average molecular weight is 318 g/mol. The van der Waals surface area contributed by atoms with Gasteiger partial charge in [0, 0.05) is 18.4 Å².